The van der Waals surface area contributed by atoms with Gasteiger partial charge in [-0.15, -0.1) is 4.40 Å². The number of hydrazone groups is 1. The van der Waals surface area contributed by atoms with Gasteiger partial charge in [0.2, 0.25) is 0 Å². The molecule has 0 bridgehead atoms. The van der Waals surface area contributed by atoms with E-state index in [9.17, 15) is 8.42 Å². The maximum atomic E-state index is 12.2. The first-order valence-corrected chi connectivity index (χ1v) is 11.5. The topological polar surface area (TPSA) is 65.3 Å². The Labute approximate surface area is 175 Å². The van der Waals surface area contributed by atoms with Crippen LogP contribution in [0.15, 0.2) is 64.1 Å². The van der Waals surface area contributed by atoms with Gasteiger partial charge in [0.15, 0.2) is 5.17 Å². The van der Waals surface area contributed by atoms with E-state index < -0.39 is 10.2 Å². The predicted octanol–water partition coefficient (Wildman–Crippen LogP) is 3.67. The summed E-state index contributed by atoms with van der Waals surface area (Å²) in [6, 6.07) is 17.5. The van der Waals surface area contributed by atoms with Crippen LogP contribution >= 0.6 is 23.4 Å². The Morgan fingerprint density at radius 1 is 1.18 bits per heavy atom. The summed E-state index contributed by atoms with van der Waals surface area (Å²) in [5.74, 6) is -0.0122. The van der Waals surface area contributed by atoms with Gasteiger partial charge in [0, 0.05) is 25.0 Å². The second-order valence-corrected chi connectivity index (χ2v) is 9.39. The highest BCUT2D eigenvalue weighted by Crippen LogP contribution is 2.31. The molecule has 0 N–H and O–H groups in total. The van der Waals surface area contributed by atoms with Crippen molar-refractivity contribution in [2.75, 3.05) is 26.9 Å². The van der Waals surface area contributed by atoms with Gasteiger partial charge in [0.25, 0.3) is 0 Å². The van der Waals surface area contributed by atoms with E-state index in [1.165, 1.54) is 25.9 Å². The maximum Gasteiger partial charge on any atom is 0.324 e. The molecule has 1 aliphatic rings. The van der Waals surface area contributed by atoms with Crippen LogP contribution in [0.3, 0.4) is 0 Å². The SMILES string of the molecule is CSC(=NS(=O)(=O)N(C)C)N1CC(c2ccccc2)C(c2ccc(Cl)cc2)=N1. The Hall–Kier alpha value is -1.87. The average molecular weight is 437 g/mol. The largest absolute Gasteiger partial charge is 0.324 e. The molecule has 3 rings (SSSR count). The van der Waals surface area contributed by atoms with E-state index in [0.717, 1.165) is 21.1 Å². The molecule has 0 fully saturated rings. The predicted molar refractivity (Wildman–Crippen MR) is 117 cm³/mol. The zero-order chi connectivity index (χ0) is 20.3. The van der Waals surface area contributed by atoms with Crippen molar-refractivity contribution in [1.82, 2.24) is 9.31 Å². The molecular weight excluding hydrogens is 416 g/mol. The minimum atomic E-state index is -3.74. The Balaban J connectivity index is 2.04. The number of hydrogen-bond acceptors (Lipinski definition) is 4. The van der Waals surface area contributed by atoms with Crippen LogP contribution in [0.25, 0.3) is 0 Å². The molecule has 0 saturated heterocycles. The van der Waals surface area contributed by atoms with Gasteiger partial charge in [0.05, 0.1) is 12.3 Å². The molecule has 1 unspecified atom stereocenters. The minimum Gasteiger partial charge on any atom is -0.240 e. The highest BCUT2D eigenvalue weighted by molar-refractivity contribution is 8.13. The second-order valence-electron chi connectivity index (χ2n) is 6.38. The summed E-state index contributed by atoms with van der Waals surface area (Å²) in [5, 5.41) is 7.38. The van der Waals surface area contributed by atoms with Crippen molar-refractivity contribution in [3.05, 3.63) is 70.7 Å². The van der Waals surface area contributed by atoms with Crippen LogP contribution in [-0.2, 0) is 10.2 Å². The monoisotopic (exact) mass is 436 g/mol. The van der Waals surface area contributed by atoms with Crippen LogP contribution in [0.4, 0.5) is 0 Å². The molecule has 0 spiro atoms. The Morgan fingerprint density at radius 3 is 2.39 bits per heavy atom. The zero-order valence-electron chi connectivity index (χ0n) is 15.8. The summed E-state index contributed by atoms with van der Waals surface area (Å²) in [4.78, 5) is 0. The lowest BCUT2D eigenvalue weighted by Gasteiger charge is -2.17. The van der Waals surface area contributed by atoms with Crippen LogP contribution in [0.2, 0.25) is 5.02 Å². The van der Waals surface area contributed by atoms with Gasteiger partial charge in [0.1, 0.15) is 0 Å². The number of halogens is 1. The first-order chi connectivity index (χ1) is 13.3. The normalized spacial score (nSPS) is 17.9. The zero-order valence-corrected chi connectivity index (χ0v) is 18.2. The van der Waals surface area contributed by atoms with E-state index >= 15 is 0 Å². The molecule has 1 heterocycles. The van der Waals surface area contributed by atoms with E-state index in [-0.39, 0.29) is 5.92 Å². The van der Waals surface area contributed by atoms with Crippen molar-refractivity contribution in [2.45, 2.75) is 5.92 Å². The first kappa shape index (κ1) is 20.9. The number of thioether (sulfide) groups is 1. The molecule has 2 aromatic rings. The summed E-state index contributed by atoms with van der Waals surface area (Å²) < 4.78 is 29.5. The number of amidine groups is 1. The molecular formula is C19H21ClN4O2S2. The quantitative estimate of drug-likeness (QED) is 0.541. The van der Waals surface area contributed by atoms with Crippen molar-refractivity contribution < 1.29 is 8.42 Å². The highest BCUT2D eigenvalue weighted by atomic mass is 35.5. The van der Waals surface area contributed by atoms with Crippen molar-refractivity contribution in [2.24, 2.45) is 9.50 Å². The van der Waals surface area contributed by atoms with Crippen LogP contribution in [0, 0.1) is 0 Å². The molecule has 148 valence electrons. The summed E-state index contributed by atoms with van der Waals surface area (Å²) in [6.45, 7) is 0.505. The van der Waals surface area contributed by atoms with Gasteiger partial charge in [-0.05, 0) is 29.5 Å². The number of rotatable bonds is 4. The summed E-state index contributed by atoms with van der Waals surface area (Å²) in [7, 11) is -0.836. The van der Waals surface area contributed by atoms with E-state index in [0.29, 0.717) is 16.7 Å². The van der Waals surface area contributed by atoms with Crippen LogP contribution in [0.5, 0.6) is 0 Å². The lowest BCUT2D eigenvalue weighted by molar-refractivity contribution is 0.481. The molecule has 1 atom stereocenters. The maximum absolute atomic E-state index is 12.2. The highest BCUT2D eigenvalue weighted by Gasteiger charge is 2.32. The minimum absolute atomic E-state index is 0.0122. The summed E-state index contributed by atoms with van der Waals surface area (Å²) >= 11 is 7.28. The Morgan fingerprint density at radius 2 is 1.82 bits per heavy atom. The van der Waals surface area contributed by atoms with E-state index in [2.05, 4.69) is 4.40 Å². The molecule has 0 aliphatic carbocycles. The number of nitrogens with zero attached hydrogens (tertiary/aromatic N) is 4. The molecule has 28 heavy (non-hydrogen) atoms. The lowest BCUT2D eigenvalue weighted by atomic mass is 9.91. The average Bonchev–Trinajstić information content (AvgIpc) is 3.12. The van der Waals surface area contributed by atoms with Crippen LogP contribution in [-0.4, -0.2) is 55.5 Å². The molecule has 6 nitrogen and oxygen atoms in total. The fourth-order valence-electron chi connectivity index (χ4n) is 2.82. The standard InChI is InChI=1S/C19H21ClN4O2S2/c1-23(2)28(25,26)22-19(27-3)24-13-17(14-7-5-4-6-8-14)18(21-24)15-9-11-16(20)12-10-15/h4-12,17H,13H2,1-3H3. The van der Waals surface area contributed by atoms with Gasteiger partial charge in [-0.1, -0.05) is 65.8 Å². The van der Waals surface area contributed by atoms with Crippen LogP contribution < -0.4 is 0 Å². The number of hydrogen-bond donors (Lipinski definition) is 0. The third kappa shape index (κ3) is 4.57. The fraction of sp³-hybridized carbons (Fsp3) is 0.263. The van der Waals surface area contributed by atoms with Gasteiger partial charge in [-0.2, -0.15) is 17.8 Å². The molecule has 0 amide bonds. The van der Waals surface area contributed by atoms with E-state index in [1.807, 2.05) is 54.6 Å². The third-order valence-electron chi connectivity index (χ3n) is 4.31. The van der Waals surface area contributed by atoms with Gasteiger partial charge >= 0.3 is 10.2 Å². The Kier molecular flexibility index (Phi) is 6.44. The molecule has 9 heteroatoms. The van der Waals surface area contributed by atoms with E-state index in [1.54, 1.807) is 11.3 Å². The van der Waals surface area contributed by atoms with Crippen LogP contribution in [0.1, 0.15) is 17.0 Å². The summed E-state index contributed by atoms with van der Waals surface area (Å²) in [6.07, 6.45) is 1.79. The van der Waals surface area contributed by atoms with Crippen molar-refractivity contribution in [3.63, 3.8) is 0 Å². The van der Waals surface area contributed by atoms with Gasteiger partial charge < -0.3 is 0 Å². The van der Waals surface area contributed by atoms with Gasteiger partial charge in [-0.3, -0.25) is 0 Å². The molecule has 0 radical (unpaired) electrons. The molecule has 2 aromatic carbocycles. The number of benzene rings is 2. The third-order valence-corrected chi connectivity index (χ3v) is 6.68. The lowest BCUT2D eigenvalue weighted by Crippen LogP contribution is -2.27. The second kappa shape index (κ2) is 8.65. The van der Waals surface area contributed by atoms with Crippen molar-refractivity contribution >= 4 is 44.5 Å². The van der Waals surface area contributed by atoms with Gasteiger partial charge in [-0.25, -0.2) is 5.01 Å². The fourth-order valence-corrected chi connectivity index (χ4v) is 4.31. The summed E-state index contributed by atoms with van der Waals surface area (Å²) in [5.41, 5.74) is 2.90. The van der Waals surface area contributed by atoms with E-state index in [4.69, 9.17) is 16.7 Å². The Bertz CT molecular complexity index is 990. The first-order valence-electron chi connectivity index (χ1n) is 8.55. The van der Waals surface area contributed by atoms with Crippen molar-refractivity contribution in [1.29, 1.82) is 0 Å². The molecule has 1 aliphatic heterocycles. The molecule has 0 aromatic heterocycles. The smallest absolute Gasteiger partial charge is 0.240 e. The molecule has 0 saturated carbocycles. The van der Waals surface area contributed by atoms with Crippen molar-refractivity contribution in [3.8, 4) is 0 Å².